The van der Waals surface area contributed by atoms with Crippen molar-refractivity contribution in [2.45, 2.75) is 6.54 Å². The summed E-state index contributed by atoms with van der Waals surface area (Å²) in [5.74, 6) is -0.402. The van der Waals surface area contributed by atoms with Crippen molar-refractivity contribution in [3.05, 3.63) is 34.1 Å². The third-order valence-corrected chi connectivity index (χ3v) is 4.95. The van der Waals surface area contributed by atoms with E-state index in [-0.39, 0.29) is 6.54 Å². The SMILES string of the molecule is CN(Cc1cc(Br)ccc1F)S(=O)(=O)N1CC1. The van der Waals surface area contributed by atoms with Gasteiger partial charge in [0, 0.05) is 36.7 Å². The van der Waals surface area contributed by atoms with Gasteiger partial charge in [-0.15, -0.1) is 0 Å². The molecular weight excluding hydrogens is 311 g/mol. The van der Waals surface area contributed by atoms with Crippen LogP contribution in [0.2, 0.25) is 0 Å². The number of halogens is 2. The summed E-state index contributed by atoms with van der Waals surface area (Å²) in [6.45, 7) is 1.13. The Bertz CT molecular complexity index is 531. The summed E-state index contributed by atoms with van der Waals surface area (Å²) < 4.78 is 40.3. The molecule has 1 heterocycles. The molecule has 1 aromatic rings. The normalized spacial score (nSPS) is 16.5. The van der Waals surface area contributed by atoms with Crippen LogP contribution in [0.3, 0.4) is 0 Å². The van der Waals surface area contributed by atoms with Crippen molar-refractivity contribution in [1.82, 2.24) is 8.61 Å². The van der Waals surface area contributed by atoms with Crippen molar-refractivity contribution in [3.63, 3.8) is 0 Å². The van der Waals surface area contributed by atoms with Crippen LogP contribution < -0.4 is 0 Å². The Kier molecular flexibility index (Phi) is 3.53. The minimum Gasteiger partial charge on any atom is -0.207 e. The predicted molar refractivity (Wildman–Crippen MR) is 66.1 cm³/mol. The van der Waals surface area contributed by atoms with E-state index in [1.165, 1.54) is 17.4 Å². The number of nitrogens with zero attached hydrogens (tertiary/aromatic N) is 2. The molecule has 1 fully saturated rings. The van der Waals surface area contributed by atoms with Crippen LogP contribution in [0, 0.1) is 5.82 Å². The van der Waals surface area contributed by atoms with Crippen molar-refractivity contribution < 1.29 is 12.8 Å². The molecule has 17 heavy (non-hydrogen) atoms. The molecule has 0 atom stereocenters. The number of benzene rings is 1. The molecule has 1 saturated heterocycles. The highest BCUT2D eigenvalue weighted by atomic mass is 79.9. The zero-order valence-electron chi connectivity index (χ0n) is 9.23. The number of hydrogen-bond acceptors (Lipinski definition) is 2. The lowest BCUT2D eigenvalue weighted by molar-refractivity contribution is 0.432. The van der Waals surface area contributed by atoms with Gasteiger partial charge in [-0.05, 0) is 18.2 Å². The van der Waals surface area contributed by atoms with Gasteiger partial charge >= 0.3 is 0 Å². The van der Waals surface area contributed by atoms with Gasteiger partial charge in [0.2, 0.25) is 0 Å². The molecule has 0 spiro atoms. The van der Waals surface area contributed by atoms with Crippen molar-refractivity contribution in [1.29, 1.82) is 0 Å². The monoisotopic (exact) mass is 322 g/mol. The number of rotatable bonds is 4. The van der Waals surface area contributed by atoms with E-state index in [0.29, 0.717) is 18.7 Å². The average molecular weight is 323 g/mol. The minimum absolute atomic E-state index is 0.0319. The molecule has 2 rings (SSSR count). The molecule has 0 N–H and O–H groups in total. The topological polar surface area (TPSA) is 40.4 Å². The molecule has 0 bridgehead atoms. The molecule has 7 heteroatoms. The van der Waals surface area contributed by atoms with Gasteiger partial charge in [-0.25, -0.2) is 4.39 Å². The quantitative estimate of drug-likeness (QED) is 0.790. The molecule has 0 saturated carbocycles. The first-order valence-electron chi connectivity index (χ1n) is 5.06. The summed E-state index contributed by atoms with van der Waals surface area (Å²) in [5.41, 5.74) is 0.354. The Morgan fingerprint density at radius 3 is 2.71 bits per heavy atom. The van der Waals surface area contributed by atoms with Crippen LogP contribution in [0.15, 0.2) is 22.7 Å². The molecule has 0 radical (unpaired) electrons. The van der Waals surface area contributed by atoms with E-state index < -0.39 is 16.0 Å². The van der Waals surface area contributed by atoms with Crippen LogP contribution in [-0.2, 0) is 16.8 Å². The van der Waals surface area contributed by atoms with Gasteiger partial charge < -0.3 is 0 Å². The molecule has 94 valence electrons. The zero-order valence-corrected chi connectivity index (χ0v) is 11.6. The fourth-order valence-electron chi connectivity index (χ4n) is 1.45. The highest BCUT2D eigenvalue weighted by molar-refractivity contribution is 9.10. The summed E-state index contributed by atoms with van der Waals surface area (Å²) in [6, 6.07) is 4.48. The van der Waals surface area contributed by atoms with E-state index in [2.05, 4.69) is 15.9 Å². The Balaban J connectivity index is 2.18. The molecule has 1 aliphatic heterocycles. The van der Waals surface area contributed by atoms with Crippen molar-refractivity contribution >= 4 is 26.1 Å². The van der Waals surface area contributed by atoms with Gasteiger partial charge in [0.25, 0.3) is 10.2 Å². The zero-order chi connectivity index (χ0) is 12.6. The van der Waals surface area contributed by atoms with Crippen LogP contribution in [0.1, 0.15) is 5.56 Å². The molecule has 0 unspecified atom stereocenters. The molecule has 1 aliphatic rings. The lowest BCUT2D eigenvalue weighted by atomic mass is 10.2. The van der Waals surface area contributed by atoms with Crippen molar-refractivity contribution in [2.75, 3.05) is 20.1 Å². The first kappa shape index (κ1) is 12.9. The van der Waals surface area contributed by atoms with E-state index in [9.17, 15) is 12.8 Å². The predicted octanol–water partition coefficient (Wildman–Crippen LogP) is 1.58. The standard InChI is InChI=1S/C10H12BrFN2O2S/c1-13(17(15,16)14-4-5-14)7-8-6-9(11)2-3-10(8)12/h2-3,6H,4-5,7H2,1H3. The molecule has 0 aromatic heterocycles. The highest BCUT2D eigenvalue weighted by Crippen LogP contribution is 2.21. The first-order chi connectivity index (χ1) is 7.91. The van der Waals surface area contributed by atoms with Crippen molar-refractivity contribution in [2.24, 2.45) is 0 Å². The summed E-state index contributed by atoms with van der Waals surface area (Å²) in [6.07, 6.45) is 0. The summed E-state index contributed by atoms with van der Waals surface area (Å²) in [7, 11) is -1.96. The van der Waals surface area contributed by atoms with E-state index in [4.69, 9.17) is 0 Å². The van der Waals surface area contributed by atoms with Crippen molar-refractivity contribution in [3.8, 4) is 0 Å². The van der Waals surface area contributed by atoms with Crippen LogP contribution in [-0.4, -0.2) is 37.2 Å². The fourth-order valence-corrected chi connectivity index (χ4v) is 3.10. The Hall–Kier alpha value is -0.500. The van der Waals surface area contributed by atoms with Crippen LogP contribution in [0.4, 0.5) is 4.39 Å². The maximum Gasteiger partial charge on any atom is 0.282 e. The Morgan fingerprint density at radius 2 is 2.12 bits per heavy atom. The van der Waals surface area contributed by atoms with Gasteiger partial charge in [-0.2, -0.15) is 17.0 Å². The average Bonchev–Trinajstić information content (AvgIpc) is 3.07. The second-order valence-corrected chi connectivity index (χ2v) is 6.85. The lowest BCUT2D eigenvalue weighted by Gasteiger charge is -2.17. The maximum atomic E-state index is 13.5. The highest BCUT2D eigenvalue weighted by Gasteiger charge is 2.35. The second-order valence-electron chi connectivity index (χ2n) is 3.90. The van der Waals surface area contributed by atoms with Crippen LogP contribution >= 0.6 is 15.9 Å². The van der Waals surface area contributed by atoms with Gasteiger partial charge in [-0.3, -0.25) is 0 Å². The fraction of sp³-hybridized carbons (Fsp3) is 0.400. The molecule has 1 aromatic carbocycles. The molecule has 4 nitrogen and oxygen atoms in total. The van der Waals surface area contributed by atoms with Gasteiger partial charge in [0.15, 0.2) is 0 Å². The summed E-state index contributed by atoms with van der Waals surface area (Å²) >= 11 is 3.23. The van der Waals surface area contributed by atoms with E-state index in [1.54, 1.807) is 12.1 Å². The van der Waals surface area contributed by atoms with Crippen LogP contribution in [0.5, 0.6) is 0 Å². The molecule has 0 amide bonds. The number of hydrogen-bond donors (Lipinski definition) is 0. The van der Waals surface area contributed by atoms with Gasteiger partial charge in [0.05, 0.1) is 0 Å². The van der Waals surface area contributed by atoms with Gasteiger partial charge in [0.1, 0.15) is 5.82 Å². The second kappa shape index (κ2) is 4.64. The third kappa shape index (κ3) is 2.85. The van der Waals surface area contributed by atoms with E-state index in [1.807, 2.05) is 0 Å². The Labute approximate surface area is 108 Å². The van der Waals surface area contributed by atoms with Crippen LogP contribution in [0.25, 0.3) is 0 Å². The van der Waals surface area contributed by atoms with Gasteiger partial charge in [-0.1, -0.05) is 15.9 Å². The summed E-state index contributed by atoms with van der Waals surface area (Å²) in [5, 5.41) is 0. The third-order valence-electron chi connectivity index (χ3n) is 2.53. The lowest BCUT2D eigenvalue weighted by Crippen LogP contribution is -2.32. The van der Waals surface area contributed by atoms with E-state index >= 15 is 0 Å². The van der Waals surface area contributed by atoms with E-state index in [0.717, 1.165) is 8.78 Å². The maximum absolute atomic E-state index is 13.5. The first-order valence-corrected chi connectivity index (χ1v) is 7.25. The summed E-state index contributed by atoms with van der Waals surface area (Å²) in [4.78, 5) is 0. The smallest absolute Gasteiger partial charge is 0.207 e. The minimum atomic E-state index is -3.41. The molecule has 0 aliphatic carbocycles. The largest absolute Gasteiger partial charge is 0.282 e. The molecular formula is C10H12BrFN2O2S. The Morgan fingerprint density at radius 1 is 1.47 bits per heavy atom.